The van der Waals surface area contributed by atoms with Crippen LogP contribution in [0.15, 0.2) is 36.7 Å². The van der Waals surface area contributed by atoms with E-state index in [1.54, 1.807) is 9.58 Å². The minimum atomic E-state index is 0.104. The van der Waals surface area contributed by atoms with Crippen molar-refractivity contribution >= 4 is 5.91 Å². The van der Waals surface area contributed by atoms with Gasteiger partial charge in [0.2, 0.25) is 5.91 Å². The Morgan fingerprint density at radius 1 is 1.44 bits per heavy atom. The van der Waals surface area contributed by atoms with Gasteiger partial charge in [-0.25, -0.2) is 0 Å². The molecule has 0 saturated carbocycles. The van der Waals surface area contributed by atoms with Crippen LogP contribution in [0.5, 0.6) is 5.75 Å². The van der Waals surface area contributed by atoms with Crippen LogP contribution in [-0.4, -0.2) is 53.9 Å². The summed E-state index contributed by atoms with van der Waals surface area (Å²) in [6.07, 6.45) is 5.86. The lowest BCUT2D eigenvalue weighted by molar-refractivity contribution is -0.135. The van der Waals surface area contributed by atoms with Crippen LogP contribution in [-0.2, 0) is 11.8 Å². The summed E-state index contributed by atoms with van der Waals surface area (Å²) in [6.45, 7) is 2.88. The summed E-state index contributed by atoms with van der Waals surface area (Å²) in [6, 6.07) is 7.95. The molecule has 1 unspecified atom stereocenters. The van der Waals surface area contributed by atoms with Crippen molar-refractivity contribution in [1.29, 1.82) is 0 Å². The fourth-order valence-electron chi connectivity index (χ4n) is 3.12. The number of rotatable bonds is 6. The number of nitrogens with zero attached hydrogens (tertiary/aromatic N) is 3. The van der Waals surface area contributed by atoms with Crippen molar-refractivity contribution in [3.8, 4) is 16.9 Å². The first-order chi connectivity index (χ1) is 12.1. The number of likely N-dealkylation sites (N-methyl/N-ethyl adjacent to an activating group) is 1. The van der Waals surface area contributed by atoms with E-state index in [1.165, 1.54) is 0 Å². The fourth-order valence-corrected chi connectivity index (χ4v) is 3.12. The molecule has 2 heterocycles. The number of nitrogens with one attached hydrogen (secondary N) is 1. The third-order valence-electron chi connectivity index (χ3n) is 4.59. The molecule has 0 radical (unpaired) electrons. The topological polar surface area (TPSA) is 59.4 Å². The Labute approximate surface area is 148 Å². The quantitative estimate of drug-likeness (QED) is 0.871. The molecule has 6 nitrogen and oxygen atoms in total. The molecule has 1 aliphatic heterocycles. The van der Waals surface area contributed by atoms with Crippen LogP contribution in [0.25, 0.3) is 11.1 Å². The van der Waals surface area contributed by atoms with Crippen molar-refractivity contribution < 1.29 is 9.53 Å². The van der Waals surface area contributed by atoms with E-state index in [9.17, 15) is 4.79 Å². The van der Waals surface area contributed by atoms with Gasteiger partial charge in [-0.1, -0.05) is 12.1 Å². The number of aromatic nitrogens is 2. The maximum atomic E-state index is 12.4. The van der Waals surface area contributed by atoms with Gasteiger partial charge in [-0.15, -0.1) is 0 Å². The number of piperidine rings is 1. The van der Waals surface area contributed by atoms with Crippen molar-refractivity contribution in [1.82, 2.24) is 20.0 Å². The van der Waals surface area contributed by atoms with Gasteiger partial charge in [0.05, 0.1) is 18.7 Å². The van der Waals surface area contributed by atoms with Crippen LogP contribution in [0.4, 0.5) is 0 Å². The number of carbonyl (C=O) groups excluding carboxylic acids is 1. The lowest BCUT2D eigenvalue weighted by atomic mass is 9.98. The molecule has 1 fully saturated rings. The Bertz CT molecular complexity index is 707. The van der Waals surface area contributed by atoms with Crippen LogP contribution in [0.1, 0.15) is 12.8 Å². The Hall–Kier alpha value is -2.34. The standard InChI is InChI=1S/C19H26N4O2/c1-22(19(24)16-6-4-8-20-12-16)9-10-25-18-7-3-5-15(11-18)17-13-21-23(2)14-17/h3,5,7,11,13-14,16,20H,4,6,8-10,12H2,1-2H3. The zero-order chi connectivity index (χ0) is 17.6. The molecule has 25 heavy (non-hydrogen) atoms. The monoisotopic (exact) mass is 342 g/mol. The van der Waals surface area contributed by atoms with Crippen molar-refractivity contribution in [3.05, 3.63) is 36.7 Å². The molecule has 0 aliphatic carbocycles. The second-order valence-electron chi connectivity index (χ2n) is 6.58. The average Bonchev–Trinajstić information content (AvgIpc) is 3.08. The van der Waals surface area contributed by atoms with Crippen LogP contribution in [0.2, 0.25) is 0 Å². The summed E-state index contributed by atoms with van der Waals surface area (Å²) < 4.78 is 7.63. The Morgan fingerprint density at radius 2 is 2.32 bits per heavy atom. The molecular formula is C19H26N4O2. The molecule has 134 valence electrons. The zero-order valence-electron chi connectivity index (χ0n) is 14.9. The van der Waals surface area contributed by atoms with Crippen LogP contribution >= 0.6 is 0 Å². The first kappa shape index (κ1) is 17.5. The van der Waals surface area contributed by atoms with E-state index in [1.807, 2.05) is 50.8 Å². The molecule has 1 saturated heterocycles. The first-order valence-electron chi connectivity index (χ1n) is 8.81. The zero-order valence-corrected chi connectivity index (χ0v) is 14.9. The van der Waals surface area contributed by atoms with Gasteiger partial charge in [-0.3, -0.25) is 9.48 Å². The van der Waals surface area contributed by atoms with Gasteiger partial charge in [0, 0.05) is 32.4 Å². The SMILES string of the molecule is CN(CCOc1cccc(-c2cnn(C)c2)c1)C(=O)C1CCCNC1. The first-order valence-corrected chi connectivity index (χ1v) is 8.81. The van der Waals surface area contributed by atoms with E-state index in [2.05, 4.69) is 10.4 Å². The Morgan fingerprint density at radius 3 is 3.04 bits per heavy atom. The molecule has 0 spiro atoms. The fraction of sp³-hybridized carbons (Fsp3) is 0.474. The van der Waals surface area contributed by atoms with E-state index in [0.29, 0.717) is 13.2 Å². The lowest BCUT2D eigenvalue weighted by Gasteiger charge is -2.27. The van der Waals surface area contributed by atoms with Gasteiger partial charge in [0.15, 0.2) is 0 Å². The number of aryl methyl sites for hydroxylation is 1. The molecular weight excluding hydrogens is 316 g/mol. The van der Waals surface area contributed by atoms with Crippen LogP contribution in [0.3, 0.4) is 0 Å². The largest absolute Gasteiger partial charge is 0.492 e. The molecule has 6 heteroatoms. The maximum absolute atomic E-state index is 12.4. The van der Waals surface area contributed by atoms with Gasteiger partial charge in [0.1, 0.15) is 12.4 Å². The predicted octanol–water partition coefficient (Wildman–Crippen LogP) is 1.92. The predicted molar refractivity (Wildman–Crippen MR) is 97.4 cm³/mol. The van der Waals surface area contributed by atoms with E-state index in [-0.39, 0.29) is 11.8 Å². The molecule has 1 aromatic heterocycles. The number of amides is 1. The number of carbonyl (C=O) groups is 1. The summed E-state index contributed by atoms with van der Waals surface area (Å²) in [4.78, 5) is 14.2. The summed E-state index contributed by atoms with van der Waals surface area (Å²) in [5.74, 6) is 1.12. The molecule has 1 atom stereocenters. The van der Waals surface area contributed by atoms with Gasteiger partial charge in [-0.05, 0) is 37.1 Å². The second-order valence-corrected chi connectivity index (χ2v) is 6.58. The smallest absolute Gasteiger partial charge is 0.226 e. The average molecular weight is 342 g/mol. The van der Waals surface area contributed by atoms with Gasteiger partial charge < -0.3 is 15.0 Å². The molecule has 1 amide bonds. The van der Waals surface area contributed by atoms with Crippen LogP contribution in [0, 0.1) is 5.92 Å². The van der Waals surface area contributed by atoms with Gasteiger partial charge in [0.25, 0.3) is 0 Å². The number of ether oxygens (including phenoxy) is 1. The molecule has 3 rings (SSSR count). The van der Waals surface area contributed by atoms with E-state index < -0.39 is 0 Å². The molecule has 1 aliphatic rings. The highest BCUT2D eigenvalue weighted by Gasteiger charge is 2.23. The molecule has 0 bridgehead atoms. The van der Waals surface area contributed by atoms with Crippen molar-refractivity contribution in [3.63, 3.8) is 0 Å². The van der Waals surface area contributed by atoms with Crippen LogP contribution < -0.4 is 10.1 Å². The summed E-state index contributed by atoms with van der Waals surface area (Å²) in [5.41, 5.74) is 2.13. The van der Waals surface area contributed by atoms with Crippen molar-refractivity contribution in [2.45, 2.75) is 12.8 Å². The minimum Gasteiger partial charge on any atom is -0.492 e. The Kier molecular flexibility index (Phi) is 5.71. The van der Waals surface area contributed by atoms with E-state index in [0.717, 1.165) is 42.8 Å². The van der Waals surface area contributed by atoms with Crippen molar-refractivity contribution in [2.75, 3.05) is 33.3 Å². The highest BCUT2D eigenvalue weighted by atomic mass is 16.5. The summed E-state index contributed by atoms with van der Waals surface area (Å²) in [5, 5.41) is 7.49. The molecule has 2 aromatic rings. The highest BCUT2D eigenvalue weighted by Crippen LogP contribution is 2.23. The van der Waals surface area contributed by atoms with Crippen molar-refractivity contribution in [2.24, 2.45) is 13.0 Å². The normalized spacial score (nSPS) is 17.3. The van der Waals surface area contributed by atoms with Gasteiger partial charge in [-0.2, -0.15) is 5.10 Å². The number of hydrogen-bond acceptors (Lipinski definition) is 4. The minimum absolute atomic E-state index is 0.104. The Balaban J connectivity index is 1.51. The third kappa shape index (κ3) is 4.60. The number of hydrogen-bond donors (Lipinski definition) is 1. The summed E-state index contributed by atoms with van der Waals surface area (Å²) in [7, 11) is 3.75. The molecule has 1 N–H and O–H groups in total. The van der Waals surface area contributed by atoms with E-state index in [4.69, 9.17) is 4.74 Å². The third-order valence-corrected chi connectivity index (χ3v) is 4.59. The van der Waals surface area contributed by atoms with Gasteiger partial charge >= 0.3 is 0 Å². The number of benzene rings is 1. The highest BCUT2D eigenvalue weighted by molar-refractivity contribution is 5.78. The van der Waals surface area contributed by atoms with E-state index >= 15 is 0 Å². The second kappa shape index (κ2) is 8.16. The molecule has 1 aromatic carbocycles. The summed E-state index contributed by atoms with van der Waals surface area (Å²) >= 11 is 0. The lowest BCUT2D eigenvalue weighted by Crippen LogP contribution is -2.42. The maximum Gasteiger partial charge on any atom is 0.226 e.